The molecule has 0 aromatic heterocycles. The Labute approximate surface area is 126 Å². The number of nitrogens with zero attached hydrogens (tertiary/aromatic N) is 2. The predicted molar refractivity (Wildman–Crippen MR) is 81.5 cm³/mol. The third-order valence-electron chi connectivity index (χ3n) is 3.51. The molecule has 2 heterocycles. The van der Waals surface area contributed by atoms with Gasteiger partial charge in [-0.2, -0.15) is 4.99 Å². The molecule has 4 nitrogen and oxygen atoms in total. The maximum Gasteiger partial charge on any atom is 0.286 e. The van der Waals surface area contributed by atoms with Crippen LogP contribution in [0.4, 0.5) is 4.39 Å². The molecule has 1 amide bonds. The third-order valence-corrected chi connectivity index (χ3v) is 4.56. The highest BCUT2D eigenvalue weighted by Crippen LogP contribution is 2.33. The predicted octanol–water partition coefficient (Wildman–Crippen LogP) is 2.99. The highest BCUT2D eigenvalue weighted by atomic mass is 32.2. The Kier molecular flexibility index (Phi) is 3.96. The fraction of sp³-hybridized carbons (Fsp3) is 0.333. The second kappa shape index (κ2) is 5.89. The molecule has 1 saturated heterocycles. The van der Waals surface area contributed by atoms with E-state index in [1.807, 2.05) is 0 Å². The SMILES string of the molecule is O=C1N=C(N2CCCCC2)S/C1=C\c1ccc(F)cc1O. The van der Waals surface area contributed by atoms with Crippen LogP contribution in [0.3, 0.4) is 0 Å². The zero-order valence-electron chi connectivity index (χ0n) is 11.4. The van der Waals surface area contributed by atoms with Crippen molar-refractivity contribution in [3.63, 3.8) is 0 Å². The summed E-state index contributed by atoms with van der Waals surface area (Å²) in [6.45, 7) is 1.85. The number of amidine groups is 1. The third kappa shape index (κ3) is 3.10. The number of amides is 1. The normalized spacial score (nSPS) is 21.0. The fourth-order valence-electron chi connectivity index (χ4n) is 2.40. The number of carbonyl (C=O) groups excluding carboxylic acids is 1. The fourth-order valence-corrected chi connectivity index (χ4v) is 3.35. The minimum absolute atomic E-state index is 0.178. The number of piperidine rings is 1. The van der Waals surface area contributed by atoms with E-state index in [-0.39, 0.29) is 11.7 Å². The first-order valence-electron chi connectivity index (χ1n) is 6.89. The van der Waals surface area contributed by atoms with E-state index in [9.17, 15) is 14.3 Å². The molecule has 0 radical (unpaired) electrons. The molecule has 1 fully saturated rings. The van der Waals surface area contributed by atoms with Gasteiger partial charge in [-0.25, -0.2) is 4.39 Å². The van der Waals surface area contributed by atoms with Crippen molar-refractivity contribution in [2.45, 2.75) is 19.3 Å². The molecule has 0 aliphatic carbocycles. The van der Waals surface area contributed by atoms with Crippen molar-refractivity contribution < 1.29 is 14.3 Å². The summed E-state index contributed by atoms with van der Waals surface area (Å²) in [6, 6.07) is 3.73. The van der Waals surface area contributed by atoms with Crippen LogP contribution >= 0.6 is 11.8 Å². The van der Waals surface area contributed by atoms with Gasteiger partial charge in [-0.3, -0.25) is 4.79 Å². The van der Waals surface area contributed by atoms with Crippen LogP contribution in [-0.2, 0) is 4.79 Å². The minimum atomic E-state index is -0.509. The van der Waals surface area contributed by atoms with Crippen molar-refractivity contribution in [3.8, 4) is 5.75 Å². The molecule has 0 bridgehead atoms. The number of hydrogen-bond acceptors (Lipinski definition) is 4. The second-order valence-corrected chi connectivity index (χ2v) is 6.07. The van der Waals surface area contributed by atoms with Crippen molar-refractivity contribution in [1.29, 1.82) is 0 Å². The molecular weight excluding hydrogens is 291 g/mol. The monoisotopic (exact) mass is 306 g/mol. The summed E-state index contributed by atoms with van der Waals surface area (Å²) >= 11 is 1.32. The average molecular weight is 306 g/mol. The summed E-state index contributed by atoms with van der Waals surface area (Å²) < 4.78 is 13.0. The van der Waals surface area contributed by atoms with Crippen molar-refractivity contribution in [2.24, 2.45) is 4.99 Å². The topological polar surface area (TPSA) is 52.9 Å². The molecule has 0 unspecified atom stereocenters. The molecule has 0 spiro atoms. The van der Waals surface area contributed by atoms with Crippen molar-refractivity contribution in [1.82, 2.24) is 4.90 Å². The lowest BCUT2D eigenvalue weighted by molar-refractivity contribution is -0.113. The Morgan fingerprint density at radius 1 is 1.29 bits per heavy atom. The lowest BCUT2D eigenvalue weighted by Gasteiger charge is -2.27. The summed E-state index contributed by atoms with van der Waals surface area (Å²) in [6.07, 6.45) is 5.01. The summed E-state index contributed by atoms with van der Waals surface area (Å²) in [7, 11) is 0. The van der Waals surface area contributed by atoms with E-state index in [0.717, 1.165) is 37.2 Å². The van der Waals surface area contributed by atoms with E-state index in [4.69, 9.17) is 0 Å². The minimum Gasteiger partial charge on any atom is -0.507 e. The number of phenolic OH excluding ortho intramolecular Hbond substituents is 1. The molecule has 0 saturated carbocycles. The molecule has 6 heteroatoms. The molecule has 2 aliphatic heterocycles. The van der Waals surface area contributed by atoms with Gasteiger partial charge in [-0.05, 0) is 49.2 Å². The molecule has 110 valence electrons. The van der Waals surface area contributed by atoms with Gasteiger partial charge in [0.15, 0.2) is 5.17 Å². The first-order valence-corrected chi connectivity index (χ1v) is 7.71. The Morgan fingerprint density at radius 3 is 2.76 bits per heavy atom. The van der Waals surface area contributed by atoms with Crippen molar-refractivity contribution >= 4 is 28.9 Å². The van der Waals surface area contributed by atoms with Crippen molar-refractivity contribution in [2.75, 3.05) is 13.1 Å². The zero-order valence-corrected chi connectivity index (χ0v) is 12.2. The van der Waals surface area contributed by atoms with E-state index < -0.39 is 5.82 Å². The Balaban J connectivity index is 1.79. The quantitative estimate of drug-likeness (QED) is 0.810. The standard InChI is InChI=1S/C15H15FN2O2S/c16-11-5-4-10(12(19)9-11)8-13-14(20)17-15(21-13)18-6-2-1-3-7-18/h4-5,8-9,19H,1-3,6-7H2/b13-8-. The second-order valence-electron chi connectivity index (χ2n) is 5.06. The zero-order chi connectivity index (χ0) is 14.8. The van der Waals surface area contributed by atoms with Gasteiger partial charge in [-0.15, -0.1) is 0 Å². The Hall–Kier alpha value is -1.82. The number of thioether (sulfide) groups is 1. The lowest BCUT2D eigenvalue weighted by atomic mass is 10.1. The number of hydrogen-bond donors (Lipinski definition) is 1. The van der Waals surface area contributed by atoms with Gasteiger partial charge < -0.3 is 10.0 Å². The van der Waals surface area contributed by atoms with Crippen LogP contribution in [0.5, 0.6) is 5.75 Å². The molecule has 21 heavy (non-hydrogen) atoms. The molecular formula is C15H15FN2O2S. The number of rotatable bonds is 1. The van der Waals surface area contributed by atoms with Crippen LogP contribution in [0, 0.1) is 5.82 Å². The first kappa shape index (κ1) is 14.1. The largest absolute Gasteiger partial charge is 0.507 e. The van der Waals surface area contributed by atoms with Crippen LogP contribution in [0.2, 0.25) is 0 Å². The molecule has 2 aliphatic rings. The highest BCUT2D eigenvalue weighted by molar-refractivity contribution is 8.18. The molecule has 1 aromatic rings. The van der Waals surface area contributed by atoms with E-state index in [1.165, 1.54) is 30.3 Å². The van der Waals surface area contributed by atoms with Crippen LogP contribution in [0.25, 0.3) is 6.08 Å². The molecule has 0 atom stereocenters. The van der Waals surface area contributed by atoms with Crippen LogP contribution in [-0.4, -0.2) is 34.2 Å². The van der Waals surface area contributed by atoms with Gasteiger partial charge in [0.1, 0.15) is 11.6 Å². The Bertz CT molecular complexity index is 637. The lowest BCUT2D eigenvalue weighted by Crippen LogP contribution is -2.33. The average Bonchev–Trinajstić information content (AvgIpc) is 2.84. The summed E-state index contributed by atoms with van der Waals surface area (Å²) in [5.41, 5.74) is 0.419. The number of benzene rings is 1. The number of halogens is 1. The first-order chi connectivity index (χ1) is 10.1. The van der Waals surface area contributed by atoms with Crippen LogP contribution < -0.4 is 0 Å². The maximum absolute atomic E-state index is 13.0. The summed E-state index contributed by atoms with van der Waals surface area (Å²) in [5, 5.41) is 10.4. The number of likely N-dealkylation sites (tertiary alicyclic amines) is 1. The van der Waals surface area contributed by atoms with Gasteiger partial charge in [0.2, 0.25) is 0 Å². The van der Waals surface area contributed by atoms with Crippen LogP contribution in [0.15, 0.2) is 28.1 Å². The van der Waals surface area contributed by atoms with Gasteiger partial charge >= 0.3 is 0 Å². The number of phenols is 1. The smallest absolute Gasteiger partial charge is 0.286 e. The number of carbonyl (C=O) groups is 1. The number of aliphatic imine (C=N–C) groups is 1. The van der Waals surface area contributed by atoms with Gasteiger partial charge in [0.05, 0.1) is 4.91 Å². The van der Waals surface area contributed by atoms with E-state index in [1.54, 1.807) is 6.08 Å². The van der Waals surface area contributed by atoms with Gasteiger partial charge in [0, 0.05) is 24.7 Å². The molecule has 3 rings (SSSR count). The maximum atomic E-state index is 13.0. The van der Waals surface area contributed by atoms with E-state index >= 15 is 0 Å². The van der Waals surface area contributed by atoms with Gasteiger partial charge in [0.25, 0.3) is 5.91 Å². The van der Waals surface area contributed by atoms with E-state index in [2.05, 4.69) is 9.89 Å². The highest BCUT2D eigenvalue weighted by Gasteiger charge is 2.27. The summed E-state index contributed by atoms with van der Waals surface area (Å²) in [4.78, 5) is 18.6. The number of aromatic hydroxyl groups is 1. The van der Waals surface area contributed by atoms with Crippen molar-refractivity contribution in [3.05, 3.63) is 34.5 Å². The van der Waals surface area contributed by atoms with Crippen LogP contribution in [0.1, 0.15) is 24.8 Å². The van der Waals surface area contributed by atoms with Gasteiger partial charge in [-0.1, -0.05) is 0 Å². The molecule has 1 N–H and O–H groups in total. The summed E-state index contributed by atoms with van der Waals surface area (Å²) in [5.74, 6) is -0.989. The van der Waals surface area contributed by atoms with E-state index in [0.29, 0.717) is 10.5 Å². The molecule has 1 aromatic carbocycles. The Morgan fingerprint density at radius 2 is 2.05 bits per heavy atom.